The molecule has 0 aromatic heterocycles. The Morgan fingerprint density at radius 1 is 1.11 bits per heavy atom. The van der Waals surface area contributed by atoms with E-state index in [4.69, 9.17) is 21.4 Å². The molecule has 1 aliphatic carbocycles. The number of hydrogen-bond acceptors (Lipinski definition) is 6. The Morgan fingerprint density at radius 3 is 2.54 bits per heavy atom. The van der Waals surface area contributed by atoms with E-state index in [9.17, 15) is 9.90 Å². The standard InChI is InChI=1S/C33H43ClN2O3S.C3H8O.C2H6/c1-5-27-22(3)18-36-19-33(15-7-9-24-16-26(34)12-13-28(24)33)20-39-31-14-11-25(17-29(31)36)32(38)35-40-23(4)21(2)8-6-10-30(27)37;1-2-3-4;1-2/h6,10-14,16-17,21-23,27,30,37H,5,7-9,15,18-20H2,1-4H3,(H,35,38);4H,2-3H2,1H3;1-2H3/b10-6+;;. The smallest absolute Gasteiger partial charge is 0.261 e. The lowest BCUT2D eigenvalue weighted by molar-refractivity contribution is 0.0984. The minimum Gasteiger partial charge on any atom is -0.490 e. The number of allylic oxidation sites excluding steroid dienone is 1. The van der Waals surface area contributed by atoms with Crippen LogP contribution >= 0.6 is 23.5 Å². The third-order valence-corrected chi connectivity index (χ3v) is 11.0. The number of anilines is 1. The van der Waals surface area contributed by atoms with E-state index < -0.39 is 6.10 Å². The number of benzene rings is 2. The van der Waals surface area contributed by atoms with Crippen LogP contribution in [-0.4, -0.2) is 53.8 Å². The zero-order valence-electron chi connectivity index (χ0n) is 29.0. The maximum Gasteiger partial charge on any atom is 0.261 e. The number of aliphatic hydroxyl groups is 2. The van der Waals surface area contributed by atoms with Crippen molar-refractivity contribution in [3.63, 3.8) is 0 Å². The molecule has 1 spiro atoms. The van der Waals surface area contributed by atoms with E-state index in [1.54, 1.807) is 0 Å². The summed E-state index contributed by atoms with van der Waals surface area (Å²) in [5, 5.41) is 20.1. The molecule has 8 heteroatoms. The highest BCUT2D eigenvalue weighted by atomic mass is 35.5. The number of carbonyl (C=O) groups is 1. The van der Waals surface area contributed by atoms with Gasteiger partial charge in [-0.05, 0) is 103 Å². The lowest BCUT2D eigenvalue weighted by Crippen LogP contribution is -2.47. The fourth-order valence-electron chi connectivity index (χ4n) is 6.81. The zero-order chi connectivity index (χ0) is 33.9. The van der Waals surface area contributed by atoms with E-state index in [2.05, 4.69) is 55.5 Å². The SMILES string of the molecule is CC.CCC1C(O)/C=C/CC(C)C(C)SNC(=O)c2ccc3c(c2)N(CC1C)CC1(CCCc2cc(Cl)ccc21)CO3.CCCO. The van der Waals surface area contributed by atoms with Gasteiger partial charge in [-0.1, -0.05) is 84.7 Å². The quantitative estimate of drug-likeness (QED) is 0.219. The van der Waals surface area contributed by atoms with Crippen LogP contribution in [0.25, 0.3) is 0 Å². The molecule has 6 nitrogen and oxygen atoms in total. The number of nitrogens with one attached hydrogen (secondary N) is 1. The first kappa shape index (κ1) is 38.3. The molecule has 0 radical (unpaired) electrons. The van der Waals surface area contributed by atoms with E-state index in [0.717, 1.165) is 68.1 Å². The van der Waals surface area contributed by atoms with Gasteiger partial charge in [-0.15, -0.1) is 0 Å². The summed E-state index contributed by atoms with van der Waals surface area (Å²) >= 11 is 7.88. The highest BCUT2D eigenvalue weighted by Gasteiger charge is 2.42. The fourth-order valence-corrected chi connectivity index (χ4v) is 7.76. The van der Waals surface area contributed by atoms with Gasteiger partial charge in [0, 0.05) is 40.9 Å². The topological polar surface area (TPSA) is 82.0 Å². The Labute approximate surface area is 287 Å². The predicted octanol–water partition coefficient (Wildman–Crippen LogP) is 8.61. The molecular weight excluding hydrogens is 616 g/mol. The maximum absolute atomic E-state index is 13.3. The summed E-state index contributed by atoms with van der Waals surface area (Å²) in [7, 11) is 0. The summed E-state index contributed by atoms with van der Waals surface area (Å²) in [5.41, 5.74) is 4.04. The number of amides is 1. The largest absolute Gasteiger partial charge is 0.490 e. The van der Waals surface area contributed by atoms with E-state index >= 15 is 0 Å². The number of rotatable bonds is 2. The van der Waals surface area contributed by atoms with Crippen LogP contribution in [0.5, 0.6) is 5.75 Å². The molecule has 0 saturated heterocycles. The van der Waals surface area contributed by atoms with Gasteiger partial charge < -0.3 is 19.8 Å². The number of aliphatic hydroxyl groups excluding tert-OH is 2. The van der Waals surface area contributed by atoms with Crippen LogP contribution in [0, 0.1) is 17.8 Å². The lowest BCUT2D eigenvalue weighted by atomic mass is 9.70. The van der Waals surface area contributed by atoms with Crippen molar-refractivity contribution in [1.82, 2.24) is 4.72 Å². The number of fused-ring (bicyclic) bond motifs is 3. The molecule has 1 amide bonds. The second-order valence-corrected chi connectivity index (χ2v) is 14.6. The van der Waals surface area contributed by atoms with Crippen LogP contribution in [0.15, 0.2) is 48.6 Å². The Kier molecular flexibility index (Phi) is 15.3. The van der Waals surface area contributed by atoms with Crippen LogP contribution in [-0.2, 0) is 11.8 Å². The summed E-state index contributed by atoms with van der Waals surface area (Å²) in [6.45, 7) is 17.1. The normalized spacial score (nSPS) is 28.6. The van der Waals surface area contributed by atoms with Crippen LogP contribution < -0.4 is 14.4 Å². The van der Waals surface area contributed by atoms with Gasteiger partial charge in [0.2, 0.25) is 0 Å². The van der Waals surface area contributed by atoms with Crippen LogP contribution in [0.1, 0.15) is 102 Å². The van der Waals surface area contributed by atoms with Gasteiger partial charge in [0.25, 0.3) is 5.91 Å². The van der Waals surface area contributed by atoms with Crippen LogP contribution in [0.3, 0.4) is 0 Å². The Hall–Kier alpha value is -2.19. The molecule has 6 unspecified atom stereocenters. The third-order valence-electron chi connectivity index (χ3n) is 9.65. The minimum absolute atomic E-state index is 0.0824. The van der Waals surface area contributed by atoms with Gasteiger partial charge in [0.15, 0.2) is 0 Å². The zero-order valence-corrected chi connectivity index (χ0v) is 30.6. The molecule has 3 aliphatic rings. The molecule has 0 saturated carbocycles. The summed E-state index contributed by atoms with van der Waals surface area (Å²) in [5.74, 6) is 1.43. The van der Waals surface area contributed by atoms with E-state index in [-0.39, 0.29) is 28.4 Å². The second kappa shape index (κ2) is 18.4. The van der Waals surface area contributed by atoms with Crippen LogP contribution in [0.2, 0.25) is 5.02 Å². The predicted molar refractivity (Wildman–Crippen MR) is 195 cm³/mol. The molecule has 2 aromatic rings. The van der Waals surface area contributed by atoms with E-state index in [1.165, 1.54) is 23.1 Å². The molecule has 2 heterocycles. The number of ether oxygens (including phenoxy) is 1. The highest BCUT2D eigenvalue weighted by molar-refractivity contribution is 7.98. The van der Waals surface area contributed by atoms with Gasteiger partial charge >= 0.3 is 0 Å². The third kappa shape index (κ3) is 9.46. The summed E-state index contributed by atoms with van der Waals surface area (Å²) in [4.78, 5) is 15.7. The van der Waals surface area contributed by atoms with E-state index in [1.807, 2.05) is 51.1 Å². The van der Waals surface area contributed by atoms with Crippen LogP contribution in [0.4, 0.5) is 5.69 Å². The number of nitrogens with zero attached hydrogens (tertiary/aromatic N) is 1. The molecule has 256 valence electrons. The van der Waals surface area contributed by atoms with Gasteiger partial charge in [0.05, 0.1) is 18.4 Å². The monoisotopic (exact) mass is 672 g/mol. The molecule has 46 heavy (non-hydrogen) atoms. The van der Waals surface area contributed by atoms with Gasteiger partial charge in [-0.2, -0.15) is 0 Å². The minimum atomic E-state index is -0.497. The Balaban J connectivity index is 0.000000891. The molecule has 5 rings (SSSR count). The van der Waals surface area contributed by atoms with Gasteiger partial charge in [-0.3, -0.25) is 9.52 Å². The van der Waals surface area contributed by atoms with Gasteiger partial charge in [-0.25, -0.2) is 0 Å². The van der Waals surface area contributed by atoms with Crippen molar-refractivity contribution in [2.75, 3.05) is 31.2 Å². The molecule has 2 bridgehead atoms. The number of carbonyl (C=O) groups excluding carboxylic acids is 1. The molecule has 0 fully saturated rings. The maximum atomic E-state index is 13.3. The molecule has 3 N–H and O–H groups in total. The summed E-state index contributed by atoms with van der Waals surface area (Å²) in [6.07, 6.45) is 9.38. The van der Waals surface area contributed by atoms with Crippen molar-refractivity contribution in [2.24, 2.45) is 17.8 Å². The van der Waals surface area contributed by atoms with Crippen molar-refractivity contribution in [3.8, 4) is 5.75 Å². The van der Waals surface area contributed by atoms with Crippen molar-refractivity contribution < 1.29 is 19.7 Å². The Bertz CT molecular complexity index is 1290. The molecule has 2 aromatic carbocycles. The van der Waals surface area contributed by atoms with Crippen molar-refractivity contribution in [2.45, 2.75) is 104 Å². The lowest BCUT2D eigenvalue weighted by Gasteiger charge is -2.42. The molecule has 2 aliphatic heterocycles. The fraction of sp³-hybridized carbons (Fsp3) is 0.605. The highest BCUT2D eigenvalue weighted by Crippen LogP contribution is 2.45. The average Bonchev–Trinajstić information content (AvgIpc) is 3.20. The Morgan fingerprint density at radius 2 is 1.85 bits per heavy atom. The summed E-state index contributed by atoms with van der Waals surface area (Å²) in [6, 6.07) is 12.1. The first-order valence-corrected chi connectivity index (χ1v) is 18.6. The summed E-state index contributed by atoms with van der Waals surface area (Å²) < 4.78 is 9.68. The average molecular weight is 673 g/mol. The first-order valence-electron chi connectivity index (χ1n) is 17.3. The van der Waals surface area contributed by atoms with E-state index in [0.29, 0.717) is 24.7 Å². The van der Waals surface area contributed by atoms with Crippen molar-refractivity contribution in [1.29, 1.82) is 0 Å². The molecule has 6 atom stereocenters. The van der Waals surface area contributed by atoms with Crippen molar-refractivity contribution >= 4 is 35.1 Å². The number of aryl methyl sites for hydroxylation is 1. The molecular formula is C38H57ClN2O4S. The van der Waals surface area contributed by atoms with Gasteiger partial charge in [0.1, 0.15) is 5.75 Å². The number of hydrogen-bond donors (Lipinski definition) is 3. The second-order valence-electron chi connectivity index (χ2n) is 12.9. The van der Waals surface area contributed by atoms with Crippen molar-refractivity contribution in [3.05, 3.63) is 70.3 Å². The first-order chi connectivity index (χ1) is 22.1. The number of halogens is 1.